The average Bonchev–Trinajstić information content (AvgIpc) is 2.42. The Balaban J connectivity index is 3.45. The van der Waals surface area contributed by atoms with Crippen molar-refractivity contribution < 1.29 is 19.1 Å². The molecular weight excluding hydrogens is 184 g/mol. The van der Waals surface area contributed by atoms with Crippen molar-refractivity contribution in [2.24, 2.45) is 0 Å². The molecule has 4 heteroatoms. The van der Waals surface area contributed by atoms with Gasteiger partial charge in [-0.05, 0) is 6.92 Å². The van der Waals surface area contributed by atoms with Crippen molar-refractivity contribution in [2.75, 3.05) is 0 Å². The van der Waals surface area contributed by atoms with Crippen molar-refractivity contribution >= 4 is 12.3 Å². The van der Waals surface area contributed by atoms with Gasteiger partial charge in [0.15, 0.2) is 6.29 Å². The van der Waals surface area contributed by atoms with Gasteiger partial charge in [-0.2, -0.15) is 0 Å². The highest BCUT2D eigenvalue weighted by atomic mass is 16.4. The molecule has 0 aliphatic rings. The maximum absolute atomic E-state index is 10.9. The van der Waals surface area contributed by atoms with Crippen molar-refractivity contribution in [3.63, 3.8) is 0 Å². The number of hydrogen-bond acceptors (Lipinski definition) is 3. The average molecular weight is 196 g/mol. The topological polar surface area (TPSA) is 67.5 Å². The van der Waals surface area contributed by atoms with E-state index >= 15 is 0 Å². The molecule has 1 aromatic rings. The van der Waals surface area contributed by atoms with Crippen LogP contribution in [0.4, 0.5) is 0 Å². The molecule has 0 aliphatic heterocycles. The first-order valence-corrected chi connectivity index (χ1v) is 4.30. The summed E-state index contributed by atoms with van der Waals surface area (Å²) in [6.07, 6.45) is 0.522. The lowest BCUT2D eigenvalue weighted by Crippen LogP contribution is -2.03. The summed E-state index contributed by atoms with van der Waals surface area (Å²) in [5.74, 6) is -0.445. The van der Waals surface area contributed by atoms with Gasteiger partial charge in [-0.1, -0.05) is 13.8 Å². The first-order valence-electron chi connectivity index (χ1n) is 4.30. The maximum Gasteiger partial charge on any atom is 0.340 e. The minimum absolute atomic E-state index is 0.00694. The number of rotatable bonds is 3. The molecule has 1 rings (SSSR count). The van der Waals surface area contributed by atoms with Gasteiger partial charge in [0.05, 0.1) is 5.56 Å². The van der Waals surface area contributed by atoms with Crippen molar-refractivity contribution in [1.82, 2.24) is 0 Å². The molecular formula is C10H12O4. The van der Waals surface area contributed by atoms with Crippen molar-refractivity contribution in [1.29, 1.82) is 0 Å². The molecule has 0 saturated carbocycles. The Kier molecular flexibility index (Phi) is 2.74. The monoisotopic (exact) mass is 196 g/mol. The number of carbonyl (C=O) groups is 2. The Morgan fingerprint density at radius 2 is 2.07 bits per heavy atom. The molecule has 0 spiro atoms. The quantitative estimate of drug-likeness (QED) is 0.752. The fraction of sp³-hybridized carbons (Fsp3) is 0.400. The molecule has 0 bridgehead atoms. The van der Waals surface area contributed by atoms with Crippen LogP contribution in [0.15, 0.2) is 4.42 Å². The van der Waals surface area contributed by atoms with E-state index in [2.05, 4.69) is 0 Å². The summed E-state index contributed by atoms with van der Waals surface area (Å²) < 4.78 is 5.25. The number of furan rings is 1. The lowest BCUT2D eigenvalue weighted by atomic mass is 10.0. The summed E-state index contributed by atoms with van der Waals surface area (Å²) in [6, 6.07) is 0. The molecule has 4 nitrogen and oxygen atoms in total. The van der Waals surface area contributed by atoms with Gasteiger partial charge in [0.2, 0.25) is 0 Å². The van der Waals surface area contributed by atoms with Crippen LogP contribution < -0.4 is 0 Å². The number of aromatic carboxylic acids is 1. The van der Waals surface area contributed by atoms with Gasteiger partial charge < -0.3 is 9.52 Å². The lowest BCUT2D eigenvalue weighted by Gasteiger charge is -2.01. The number of aryl methyl sites for hydroxylation is 1. The maximum atomic E-state index is 10.9. The number of hydrogen-bond donors (Lipinski definition) is 1. The van der Waals surface area contributed by atoms with Crippen LogP contribution in [0.2, 0.25) is 0 Å². The van der Waals surface area contributed by atoms with E-state index in [1.807, 2.05) is 13.8 Å². The Bertz CT molecular complexity index is 374. The van der Waals surface area contributed by atoms with Crippen LogP contribution in [0.3, 0.4) is 0 Å². The van der Waals surface area contributed by atoms with Gasteiger partial charge in [0.1, 0.15) is 17.1 Å². The van der Waals surface area contributed by atoms with Crippen LogP contribution in [0.1, 0.15) is 52.0 Å². The Hall–Kier alpha value is -1.58. The van der Waals surface area contributed by atoms with E-state index in [1.54, 1.807) is 6.92 Å². The summed E-state index contributed by atoms with van der Waals surface area (Å²) in [6.45, 7) is 5.22. The smallest absolute Gasteiger partial charge is 0.340 e. The highest BCUT2D eigenvalue weighted by molar-refractivity contribution is 5.99. The zero-order valence-electron chi connectivity index (χ0n) is 8.33. The summed E-state index contributed by atoms with van der Waals surface area (Å²) in [4.78, 5) is 21.6. The zero-order chi connectivity index (χ0) is 10.9. The fourth-order valence-corrected chi connectivity index (χ4v) is 1.35. The molecule has 0 amide bonds. The summed E-state index contributed by atoms with van der Waals surface area (Å²) in [5.41, 5.74) is 0.133. The normalized spacial score (nSPS) is 10.6. The number of aldehydes is 1. The Labute approximate surface area is 81.5 Å². The Morgan fingerprint density at radius 1 is 1.50 bits per heavy atom. The third-order valence-corrected chi connectivity index (χ3v) is 2.01. The summed E-state index contributed by atoms with van der Waals surface area (Å²) >= 11 is 0. The highest BCUT2D eigenvalue weighted by Gasteiger charge is 2.24. The van der Waals surface area contributed by atoms with E-state index in [9.17, 15) is 9.59 Å². The van der Waals surface area contributed by atoms with Gasteiger partial charge >= 0.3 is 5.97 Å². The van der Waals surface area contributed by atoms with E-state index in [0.29, 0.717) is 17.8 Å². The summed E-state index contributed by atoms with van der Waals surface area (Å²) in [5, 5.41) is 8.92. The van der Waals surface area contributed by atoms with Crippen LogP contribution >= 0.6 is 0 Å². The van der Waals surface area contributed by atoms with Crippen LogP contribution in [0, 0.1) is 6.92 Å². The second kappa shape index (κ2) is 3.65. The van der Waals surface area contributed by atoms with Gasteiger partial charge in [-0.3, -0.25) is 4.79 Å². The van der Waals surface area contributed by atoms with E-state index in [0.717, 1.165) is 0 Å². The van der Waals surface area contributed by atoms with Crippen LogP contribution in [0.5, 0.6) is 0 Å². The van der Waals surface area contributed by atoms with E-state index in [1.165, 1.54) is 0 Å². The molecule has 1 heterocycles. The molecule has 14 heavy (non-hydrogen) atoms. The minimum atomic E-state index is -1.12. The molecule has 1 N–H and O–H groups in total. The van der Waals surface area contributed by atoms with Crippen molar-refractivity contribution in [2.45, 2.75) is 26.7 Å². The molecule has 0 unspecified atom stereocenters. The van der Waals surface area contributed by atoms with Crippen molar-refractivity contribution in [3.05, 3.63) is 22.6 Å². The molecule has 0 fully saturated rings. The Morgan fingerprint density at radius 3 is 2.43 bits per heavy atom. The first kappa shape index (κ1) is 10.5. The lowest BCUT2D eigenvalue weighted by molar-refractivity contribution is 0.0691. The second-order valence-electron chi connectivity index (χ2n) is 3.39. The van der Waals surface area contributed by atoms with E-state index in [-0.39, 0.29) is 17.0 Å². The molecule has 0 radical (unpaired) electrons. The molecule has 0 aliphatic carbocycles. The first-order chi connectivity index (χ1) is 6.49. The molecule has 1 aromatic heterocycles. The molecule has 76 valence electrons. The summed E-state index contributed by atoms with van der Waals surface area (Å²) in [7, 11) is 0. The van der Waals surface area contributed by atoms with E-state index < -0.39 is 5.97 Å². The fourth-order valence-electron chi connectivity index (χ4n) is 1.35. The van der Waals surface area contributed by atoms with Crippen LogP contribution in [-0.4, -0.2) is 17.4 Å². The molecule has 0 atom stereocenters. The van der Waals surface area contributed by atoms with Crippen LogP contribution in [-0.2, 0) is 0 Å². The van der Waals surface area contributed by atoms with Gasteiger partial charge in [0, 0.05) is 5.92 Å². The molecule has 0 saturated heterocycles. The van der Waals surface area contributed by atoms with Crippen molar-refractivity contribution in [3.8, 4) is 0 Å². The number of carbonyl (C=O) groups excluding carboxylic acids is 1. The van der Waals surface area contributed by atoms with Crippen LogP contribution in [0.25, 0.3) is 0 Å². The molecule has 0 aromatic carbocycles. The SMILES string of the molecule is Cc1oc(C(C)C)c(C(=O)O)c1C=O. The second-order valence-corrected chi connectivity index (χ2v) is 3.39. The highest BCUT2D eigenvalue weighted by Crippen LogP contribution is 2.27. The minimum Gasteiger partial charge on any atom is -0.478 e. The van der Waals surface area contributed by atoms with Gasteiger partial charge in [0.25, 0.3) is 0 Å². The third-order valence-electron chi connectivity index (χ3n) is 2.01. The van der Waals surface area contributed by atoms with Gasteiger partial charge in [-0.25, -0.2) is 4.79 Å². The standard InChI is InChI=1S/C10H12O4/c1-5(2)9-8(10(12)13)7(4-11)6(3)14-9/h4-5H,1-3H3,(H,12,13). The van der Waals surface area contributed by atoms with Gasteiger partial charge in [-0.15, -0.1) is 0 Å². The zero-order valence-corrected chi connectivity index (χ0v) is 8.33. The predicted octanol–water partition coefficient (Wildman–Crippen LogP) is 2.22. The largest absolute Gasteiger partial charge is 0.478 e. The number of carboxylic acid groups (broad SMARTS) is 1. The number of carboxylic acids is 1. The predicted molar refractivity (Wildman–Crippen MR) is 49.9 cm³/mol. The third kappa shape index (κ3) is 1.55. The van der Waals surface area contributed by atoms with E-state index in [4.69, 9.17) is 9.52 Å².